The minimum atomic E-state index is -3.91. The summed E-state index contributed by atoms with van der Waals surface area (Å²) in [6.45, 7) is 4.43. The second-order valence-corrected chi connectivity index (χ2v) is 8.13. The number of fused-ring (bicyclic) bond motifs is 1. The summed E-state index contributed by atoms with van der Waals surface area (Å²) in [5.41, 5.74) is 1.18. The van der Waals surface area contributed by atoms with Crippen LogP contribution in [-0.2, 0) is 22.8 Å². The summed E-state index contributed by atoms with van der Waals surface area (Å²) in [7, 11) is -3.91. The van der Waals surface area contributed by atoms with E-state index in [4.69, 9.17) is 11.6 Å². The summed E-state index contributed by atoms with van der Waals surface area (Å²) in [6.07, 6.45) is 2.24. The van der Waals surface area contributed by atoms with Gasteiger partial charge < -0.3 is 4.57 Å². The predicted molar refractivity (Wildman–Crippen MR) is 100 cm³/mol. The number of sulfone groups is 1. The van der Waals surface area contributed by atoms with Crippen molar-refractivity contribution >= 4 is 32.3 Å². The fourth-order valence-electron chi connectivity index (χ4n) is 2.83. The Morgan fingerprint density at radius 3 is 2.32 bits per heavy atom. The second kappa shape index (κ2) is 6.65. The number of rotatable bonds is 4. The molecule has 4 nitrogen and oxygen atoms in total. The van der Waals surface area contributed by atoms with Crippen molar-refractivity contribution in [1.82, 2.24) is 4.57 Å². The first-order valence-electron chi connectivity index (χ1n) is 8.05. The SMILES string of the molecule is CCc1ccc(S(=O)(=O)c2cn(CC)c3ccc(Cl)cc3c2=O)cc1. The Morgan fingerprint density at radius 1 is 1.04 bits per heavy atom. The normalized spacial score (nSPS) is 11.8. The van der Waals surface area contributed by atoms with Crippen LogP contribution in [0.4, 0.5) is 0 Å². The van der Waals surface area contributed by atoms with Crippen LogP contribution in [0.5, 0.6) is 0 Å². The van der Waals surface area contributed by atoms with Gasteiger partial charge in [0.05, 0.1) is 10.4 Å². The number of aryl methyl sites for hydroxylation is 2. The monoisotopic (exact) mass is 375 g/mol. The molecule has 1 aromatic heterocycles. The molecule has 2 aromatic carbocycles. The lowest BCUT2D eigenvalue weighted by atomic mass is 10.2. The highest BCUT2D eigenvalue weighted by Gasteiger charge is 2.23. The molecule has 1 heterocycles. The molecule has 0 radical (unpaired) electrons. The molecule has 3 rings (SSSR count). The number of nitrogens with zero attached hydrogens (tertiary/aromatic N) is 1. The molecule has 0 unspecified atom stereocenters. The molecule has 0 atom stereocenters. The predicted octanol–water partition coefficient (Wildman–Crippen LogP) is 4.07. The van der Waals surface area contributed by atoms with Crippen molar-refractivity contribution in [3.05, 3.63) is 69.5 Å². The molecule has 6 heteroatoms. The summed E-state index contributed by atoms with van der Waals surface area (Å²) in [5, 5.41) is 0.703. The Balaban J connectivity index is 2.30. The van der Waals surface area contributed by atoms with Gasteiger partial charge in [-0.2, -0.15) is 0 Å². The van der Waals surface area contributed by atoms with Crippen LogP contribution in [-0.4, -0.2) is 13.0 Å². The van der Waals surface area contributed by atoms with Crippen molar-refractivity contribution in [3.8, 4) is 0 Å². The van der Waals surface area contributed by atoms with Gasteiger partial charge in [0.25, 0.3) is 0 Å². The molecule has 3 aromatic rings. The van der Waals surface area contributed by atoms with Gasteiger partial charge in [-0.05, 0) is 49.2 Å². The minimum Gasteiger partial charge on any atom is -0.346 e. The van der Waals surface area contributed by atoms with Crippen LogP contribution in [0.25, 0.3) is 10.9 Å². The first-order chi connectivity index (χ1) is 11.9. The highest BCUT2D eigenvalue weighted by atomic mass is 35.5. The number of pyridine rings is 1. The van der Waals surface area contributed by atoms with E-state index in [1.165, 1.54) is 12.3 Å². The van der Waals surface area contributed by atoms with E-state index < -0.39 is 15.3 Å². The van der Waals surface area contributed by atoms with Crippen LogP contribution >= 0.6 is 11.6 Å². The lowest BCUT2D eigenvalue weighted by molar-refractivity contribution is 0.593. The Hall–Kier alpha value is -2.11. The summed E-state index contributed by atoms with van der Waals surface area (Å²) >= 11 is 6.01. The molecule has 0 spiro atoms. The van der Waals surface area contributed by atoms with E-state index in [2.05, 4.69) is 0 Å². The number of benzene rings is 2. The fraction of sp³-hybridized carbons (Fsp3) is 0.211. The lowest BCUT2D eigenvalue weighted by Gasteiger charge is -2.12. The molecule has 0 aliphatic heterocycles. The lowest BCUT2D eigenvalue weighted by Crippen LogP contribution is -2.19. The van der Waals surface area contributed by atoms with E-state index in [0.29, 0.717) is 22.5 Å². The third kappa shape index (κ3) is 3.10. The summed E-state index contributed by atoms with van der Waals surface area (Å²) < 4.78 is 27.8. The topological polar surface area (TPSA) is 56.1 Å². The molecule has 0 aliphatic rings. The molecule has 130 valence electrons. The molecule has 0 N–H and O–H groups in total. The van der Waals surface area contributed by atoms with Crippen molar-refractivity contribution in [3.63, 3.8) is 0 Å². The average molecular weight is 376 g/mol. The van der Waals surface area contributed by atoms with Gasteiger partial charge in [0, 0.05) is 23.2 Å². The highest BCUT2D eigenvalue weighted by molar-refractivity contribution is 7.91. The molecule has 0 bridgehead atoms. The van der Waals surface area contributed by atoms with Gasteiger partial charge in [0.1, 0.15) is 4.90 Å². The van der Waals surface area contributed by atoms with Gasteiger partial charge in [0.15, 0.2) is 0 Å². The molecular weight excluding hydrogens is 358 g/mol. The van der Waals surface area contributed by atoms with Gasteiger partial charge in [-0.3, -0.25) is 4.79 Å². The highest BCUT2D eigenvalue weighted by Crippen LogP contribution is 2.23. The van der Waals surface area contributed by atoms with Crippen molar-refractivity contribution in [1.29, 1.82) is 0 Å². The second-order valence-electron chi connectivity index (χ2n) is 5.77. The van der Waals surface area contributed by atoms with Crippen LogP contribution in [0.1, 0.15) is 19.4 Å². The Labute approximate surface area is 151 Å². The van der Waals surface area contributed by atoms with Crippen molar-refractivity contribution < 1.29 is 8.42 Å². The van der Waals surface area contributed by atoms with E-state index in [1.807, 2.05) is 13.8 Å². The number of hydrogen-bond acceptors (Lipinski definition) is 3. The molecule has 0 aliphatic carbocycles. The average Bonchev–Trinajstić information content (AvgIpc) is 2.62. The third-order valence-electron chi connectivity index (χ3n) is 4.28. The zero-order valence-electron chi connectivity index (χ0n) is 14.0. The smallest absolute Gasteiger partial charge is 0.211 e. The van der Waals surface area contributed by atoms with E-state index in [9.17, 15) is 13.2 Å². The Bertz CT molecular complexity index is 1100. The standard InChI is InChI=1S/C19H18ClNO3S/c1-3-13-5-8-15(9-6-13)25(23,24)18-12-21(4-2)17-10-7-14(20)11-16(17)19(18)22/h5-12H,3-4H2,1-2H3. The number of halogens is 1. The van der Waals surface area contributed by atoms with Crippen molar-refractivity contribution in [2.45, 2.75) is 36.6 Å². The molecule has 0 saturated carbocycles. The minimum absolute atomic E-state index is 0.117. The van der Waals surface area contributed by atoms with Gasteiger partial charge in [0.2, 0.25) is 15.3 Å². The van der Waals surface area contributed by atoms with Crippen LogP contribution in [0.3, 0.4) is 0 Å². The molecule has 0 amide bonds. The number of hydrogen-bond donors (Lipinski definition) is 0. The third-order valence-corrected chi connectivity index (χ3v) is 6.28. The van der Waals surface area contributed by atoms with Crippen LogP contribution < -0.4 is 5.43 Å². The molecule has 0 saturated heterocycles. The quantitative estimate of drug-likeness (QED) is 0.690. The van der Waals surface area contributed by atoms with Gasteiger partial charge in [-0.25, -0.2) is 8.42 Å². The van der Waals surface area contributed by atoms with Gasteiger partial charge >= 0.3 is 0 Å². The van der Waals surface area contributed by atoms with Crippen LogP contribution in [0, 0.1) is 0 Å². The number of aromatic nitrogens is 1. The first kappa shape index (κ1) is 17.7. The summed E-state index contributed by atoms with van der Waals surface area (Å²) in [4.78, 5) is 12.7. The van der Waals surface area contributed by atoms with Gasteiger partial charge in [-0.15, -0.1) is 0 Å². The zero-order chi connectivity index (χ0) is 18.2. The van der Waals surface area contributed by atoms with Crippen LogP contribution in [0.15, 0.2) is 63.2 Å². The fourth-order valence-corrected chi connectivity index (χ4v) is 4.37. The van der Waals surface area contributed by atoms with Crippen molar-refractivity contribution in [2.75, 3.05) is 0 Å². The maximum Gasteiger partial charge on any atom is 0.211 e. The largest absolute Gasteiger partial charge is 0.346 e. The maximum atomic E-state index is 13.0. The Kier molecular flexibility index (Phi) is 4.71. The molecular formula is C19H18ClNO3S. The zero-order valence-corrected chi connectivity index (χ0v) is 15.6. The molecule has 0 fully saturated rings. The summed E-state index contributed by atoms with van der Waals surface area (Å²) in [5.74, 6) is 0. The van der Waals surface area contributed by atoms with E-state index >= 15 is 0 Å². The summed E-state index contributed by atoms with van der Waals surface area (Å²) in [6, 6.07) is 11.6. The molecule has 25 heavy (non-hydrogen) atoms. The maximum absolute atomic E-state index is 13.0. The van der Waals surface area contributed by atoms with Gasteiger partial charge in [-0.1, -0.05) is 30.7 Å². The van der Waals surface area contributed by atoms with E-state index in [0.717, 1.165) is 12.0 Å². The van der Waals surface area contributed by atoms with E-state index in [1.54, 1.807) is 41.0 Å². The van der Waals surface area contributed by atoms with Crippen LogP contribution in [0.2, 0.25) is 5.02 Å². The first-order valence-corrected chi connectivity index (χ1v) is 9.91. The Morgan fingerprint density at radius 2 is 1.72 bits per heavy atom. The van der Waals surface area contributed by atoms with Crippen molar-refractivity contribution in [2.24, 2.45) is 0 Å². The van der Waals surface area contributed by atoms with E-state index in [-0.39, 0.29) is 9.79 Å².